The molecule has 2 atom stereocenters. The summed E-state index contributed by atoms with van der Waals surface area (Å²) >= 11 is 0. The van der Waals surface area contributed by atoms with Crippen LogP contribution in [0.15, 0.2) is 163 Å². The molecule has 0 saturated carbocycles. The number of hydrogen-bond acceptors (Lipinski definition) is 1. The molecule has 0 amide bonds. The highest BCUT2D eigenvalue weighted by Gasteiger charge is 2.51. The number of benzene rings is 6. The minimum Gasteiger partial charge on any atom is -0.494 e. The van der Waals surface area contributed by atoms with E-state index in [9.17, 15) is 0 Å². The standard InChI is InChI=1S/C47H36O/c1-3-48-41-23-7-5-17-35(41)42(32-26-28-46(2)27-9-8-15-33(46)29-32)36-18-12-22-40-45(36)34-16-4-6-19-37(34)47(40)38-20-10-13-30-24-25-31-14-11-21-39(47)44(31)43(30)38/h4-27,29,42H,3,28H2,1-2H3. The fraction of sp³-hybridized carbons (Fsp3) is 0.149. The van der Waals surface area contributed by atoms with Gasteiger partial charge in [-0.3, -0.25) is 0 Å². The van der Waals surface area contributed by atoms with Crippen LogP contribution in [0.5, 0.6) is 5.75 Å². The van der Waals surface area contributed by atoms with E-state index in [1.54, 1.807) is 0 Å². The molecule has 1 heteroatoms. The normalized spacial score (nSPS) is 19.7. The third kappa shape index (κ3) is 3.51. The molecule has 0 heterocycles. The zero-order valence-corrected chi connectivity index (χ0v) is 27.3. The van der Waals surface area contributed by atoms with Crippen molar-refractivity contribution in [2.45, 2.75) is 31.6 Å². The van der Waals surface area contributed by atoms with Crippen molar-refractivity contribution in [1.29, 1.82) is 0 Å². The van der Waals surface area contributed by atoms with E-state index in [0.29, 0.717) is 6.61 Å². The number of ether oxygens (including phenoxy) is 1. The number of rotatable bonds is 5. The molecule has 6 aromatic carbocycles. The molecule has 0 radical (unpaired) electrons. The first-order valence-electron chi connectivity index (χ1n) is 17.3. The average Bonchev–Trinajstić information content (AvgIpc) is 3.60. The Morgan fingerprint density at radius 1 is 0.667 bits per heavy atom. The van der Waals surface area contributed by atoms with Crippen LogP contribution in [0.2, 0.25) is 0 Å². The van der Waals surface area contributed by atoms with Gasteiger partial charge >= 0.3 is 0 Å². The van der Waals surface area contributed by atoms with E-state index in [4.69, 9.17) is 4.74 Å². The summed E-state index contributed by atoms with van der Waals surface area (Å²) in [5.74, 6) is 0.954. The van der Waals surface area contributed by atoms with E-state index in [-0.39, 0.29) is 16.7 Å². The first-order valence-corrected chi connectivity index (χ1v) is 17.3. The Kier molecular flexibility index (Phi) is 5.80. The van der Waals surface area contributed by atoms with Crippen molar-refractivity contribution < 1.29 is 4.74 Å². The molecule has 1 nitrogen and oxygen atoms in total. The third-order valence-electron chi connectivity index (χ3n) is 11.6. The van der Waals surface area contributed by atoms with Crippen LogP contribution in [0.4, 0.5) is 0 Å². The van der Waals surface area contributed by atoms with Crippen LogP contribution in [0.25, 0.3) is 32.7 Å². The molecule has 10 rings (SSSR count). The summed E-state index contributed by atoms with van der Waals surface area (Å²) in [7, 11) is 0. The first-order chi connectivity index (χ1) is 23.6. The number of hydrogen-bond donors (Lipinski definition) is 0. The molecule has 6 aromatic rings. The van der Waals surface area contributed by atoms with Gasteiger partial charge in [0.05, 0.1) is 12.0 Å². The van der Waals surface area contributed by atoms with Gasteiger partial charge in [-0.25, -0.2) is 0 Å². The highest BCUT2D eigenvalue weighted by molar-refractivity contribution is 6.17. The van der Waals surface area contributed by atoms with Crippen molar-refractivity contribution >= 4 is 21.5 Å². The highest BCUT2D eigenvalue weighted by atomic mass is 16.5. The van der Waals surface area contributed by atoms with Crippen molar-refractivity contribution in [3.63, 3.8) is 0 Å². The molecule has 2 unspecified atom stereocenters. The predicted octanol–water partition coefficient (Wildman–Crippen LogP) is 11.6. The van der Waals surface area contributed by atoms with Crippen molar-refractivity contribution in [3.05, 3.63) is 196 Å². The Hall–Kier alpha value is -5.40. The number of allylic oxidation sites excluding steroid dienone is 8. The number of fused-ring (bicyclic) bond motifs is 8. The maximum absolute atomic E-state index is 6.39. The Bertz CT molecular complexity index is 2400. The fourth-order valence-corrected chi connectivity index (χ4v) is 9.52. The average molecular weight is 617 g/mol. The maximum Gasteiger partial charge on any atom is 0.123 e. The first kappa shape index (κ1) is 27.7. The lowest BCUT2D eigenvalue weighted by atomic mass is 9.68. The second kappa shape index (κ2) is 10.1. The molecule has 4 aliphatic carbocycles. The van der Waals surface area contributed by atoms with E-state index in [1.165, 1.54) is 77.2 Å². The van der Waals surface area contributed by atoms with Gasteiger partial charge in [-0.2, -0.15) is 0 Å². The van der Waals surface area contributed by atoms with E-state index in [1.807, 2.05) is 0 Å². The lowest BCUT2D eigenvalue weighted by Crippen LogP contribution is -2.26. The van der Waals surface area contributed by atoms with Gasteiger partial charge < -0.3 is 4.74 Å². The van der Waals surface area contributed by atoms with Crippen LogP contribution in [-0.4, -0.2) is 6.61 Å². The zero-order chi connectivity index (χ0) is 32.0. The van der Waals surface area contributed by atoms with Gasteiger partial charge in [0.2, 0.25) is 0 Å². The lowest BCUT2D eigenvalue weighted by molar-refractivity contribution is 0.336. The molecular weight excluding hydrogens is 581 g/mol. The molecule has 0 bridgehead atoms. The molecule has 0 fully saturated rings. The van der Waals surface area contributed by atoms with Gasteiger partial charge in [0.1, 0.15) is 5.75 Å². The summed E-state index contributed by atoms with van der Waals surface area (Å²) in [6, 6.07) is 43.4. The molecular formula is C47H36O. The SMILES string of the molecule is CCOc1ccccc1C(C1=CCC2(C)C=CC=CC2=C1)c1cccc2c1-c1ccccc1C21c2cccc3ccc4cccc1c4c23. The molecule has 48 heavy (non-hydrogen) atoms. The highest BCUT2D eigenvalue weighted by Crippen LogP contribution is 2.64. The molecule has 0 saturated heterocycles. The quantitative estimate of drug-likeness (QED) is 0.175. The minimum absolute atomic E-state index is 0.00220. The summed E-state index contributed by atoms with van der Waals surface area (Å²) in [4.78, 5) is 0. The Balaban J connectivity index is 1.30. The van der Waals surface area contributed by atoms with Crippen molar-refractivity contribution in [3.8, 4) is 16.9 Å². The van der Waals surface area contributed by atoms with Crippen LogP contribution < -0.4 is 4.74 Å². The van der Waals surface area contributed by atoms with Crippen LogP contribution >= 0.6 is 0 Å². The van der Waals surface area contributed by atoms with Gasteiger partial charge in [0.25, 0.3) is 0 Å². The molecule has 4 aliphatic rings. The molecule has 0 aromatic heterocycles. The van der Waals surface area contributed by atoms with Gasteiger partial charge in [0, 0.05) is 16.9 Å². The third-order valence-corrected chi connectivity index (χ3v) is 11.6. The smallest absolute Gasteiger partial charge is 0.123 e. The number of para-hydroxylation sites is 1. The van der Waals surface area contributed by atoms with Gasteiger partial charge in [-0.05, 0) is 91.0 Å². The molecule has 0 aliphatic heterocycles. The molecule has 1 spiro atoms. The largest absolute Gasteiger partial charge is 0.494 e. The zero-order valence-electron chi connectivity index (χ0n) is 27.3. The van der Waals surface area contributed by atoms with Gasteiger partial charge in [0.15, 0.2) is 0 Å². The summed E-state index contributed by atoms with van der Waals surface area (Å²) in [6.45, 7) is 5.06. The molecule has 230 valence electrons. The van der Waals surface area contributed by atoms with Crippen molar-refractivity contribution in [1.82, 2.24) is 0 Å². The van der Waals surface area contributed by atoms with E-state index in [2.05, 4.69) is 166 Å². The second-order valence-corrected chi connectivity index (χ2v) is 14.0. The van der Waals surface area contributed by atoms with Crippen LogP contribution in [0.1, 0.15) is 59.6 Å². The van der Waals surface area contributed by atoms with Crippen LogP contribution in [0.3, 0.4) is 0 Å². The van der Waals surface area contributed by atoms with Crippen molar-refractivity contribution in [2.24, 2.45) is 5.41 Å². The Morgan fingerprint density at radius 2 is 1.33 bits per heavy atom. The van der Waals surface area contributed by atoms with E-state index in [0.717, 1.165) is 12.2 Å². The monoisotopic (exact) mass is 616 g/mol. The molecule has 0 N–H and O–H groups in total. The topological polar surface area (TPSA) is 9.23 Å². The van der Waals surface area contributed by atoms with Gasteiger partial charge in [-0.15, -0.1) is 0 Å². The minimum atomic E-state index is -0.385. The Labute approximate surface area is 282 Å². The summed E-state index contributed by atoms with van der Waals surface area (Å²) in [6.07, 6.45) is 14.9. The maximum atomic E-state index is 6.39. The van der Waals surface area contributed by atoms with Gasteiger partial charge in [-0.1, -0.05) is 153 Å². The summed E-state index contributed by atoms with van der Waals surface area (Å²) in [5, 5.41) is 5.42. The van der Waals surface area contributed by atoms with Crippen molar-refractivity contribution in [2.75, 3.05) is 6.61 Å². The lowest BCUT2D eigenvalue weighted by Gasteiger charge is -2.35. The van der Waals surface area contributed by atoms with E-state index >= 15 is 0 Å². The predicted molar refractivity (Wildman–Crippen MR) is 199 cm³/mol. The van der Waals surface area contributed by atoms with Crippen LogP contribution in [-0.2, 0) is 5.41 Å². The Morgan fingerprint density at radius 3 is 2.12 bits per heavy atom. The fourth-order valence-electron chi connectivity index (χ4n) is 9.52. The van der Waals surface area contributed by atoms with E-state index < -0.39 is 0 Å². The second-order valence-electron chi connectivity index (χ2n) is 14.0. The summed E-state index contributed by atoms with van der Waals surface area (Å²) < 4.78 is 6.39. The van der Waals surface area contributed by atoms with Crippen LogP contribution in [0, 0.1) is 5.41 Å². The summed E-state index contributed by atoms with van der Waals surface area (Å²) in [5.41, 5.74) is 13.1.